The number of aromatic carboxylic acids is 2. The van der Waals surface area contributed by atoms with Crippen molar-refractivity contribution in [2.75, 3.05) is 13.8 Å². The maximum absolute atomic E-state index is 11.7. The molecule has 9 nitrogen and oxygen atoms in total. The average molecular weight is 296 g/mol. The van der Waals surface area contributed by atoms with Crippen LogP contribution in [-0.4, -0.2) is 52.9 Å². The first-order valence-corrected chi connectivity index (χ1v) is 5.59. The van der Waals surface area contributed by atoms with Crippen molar-refractivity contribution in [2.45, 2.75) is 0 Å². The highest BCUT2D eigenvalue weighted by molar-refractivity contribution is 6.11. The minimum Gasteiger partial charge on any atom is -0.478 e. The summed E-state index contributed by atoms with van der Waals surface area (Å²) >= 11 is 0. The number of benzene rings is 1. The van der Waals surface area contributed by atoms with Crippen molar-refractivity contribution in [1.82, 2.24) is 10.6 Å². The molecule has 0 heterocycles. The molecule has 0 atom stereocenters. The quantitative estimate of drug-likeness (QED) is 0.442. The molecule has 112 valence electrons. The molecule has 9 heteroatoms. The number of hydrogen-bond donors (Lipinski definition) is 5. The Morgan fingerprint density at radius 3 is 1.71 bits per heavy atom. The van der Waals surface area contributed by atoms with Gasteiger partial charge in [-0.1, -0.05) is 0 Å². The van der Waals surface area contributed by atoms with E-state index in [2.05, 4.69) is 5.32 Å². The van der Waals surface area contributed by atoms with Crippen LogP contribution in [-0.2, 0) is 0 Å². The smallest absolute Gasteiger partial charge is 0.336 e. The van der Waals surface area contributed by atoms with Crippen LogP contribution in [0.3, 0.4) is 0 Å². The monoisotopic (exact) mass is 296 g/mol. The summed E-state index contributed by atoms with van der Waals surface area (Å²) in [6, 6.07) is 1.58. The largest absolute Gasteiger partial charge is 0.478 e. The predicted octanol–water partition coefficient (Wildman–Crippen LogP) is -0.878. The van der Waals surface area contributed by atoms with Crippen LogP contribution >= 0.6 is 0 Å². The van der Waals surface area contributed by atoms with E-state index in [-0.39, 0.29) is 5.56 Å². The third kappa shape index (κ3) is 3.34. The third-order valence-electron chi connectivity index (χ3n) is 2.57. The van der Waals surface area contributed by atoms with Gasteiger partial charge < -0.3 is 26.0 Å². The maximum atomic E-state index is 11.7. The summed E-state index contributed by atoms with van der Waals surface area (Å²) in [5.41, 5.74) is -1.93. The van der Waals surface area contributed by atoms with Gasteiger partial charge in [-0.3, -0.25) is 9.59 Å². The molecule has 5 N–H and O–H groups in total. The van der Waals surface area contributed by atoms with Gasteiger partial charge in [0.15, 0.2) is 0 Å². The van der Waals surface area contributed by atoms with E-state index in [0.29, 0.717) is 0 Å². The average Bonchev–Trinajstić information content (AvgIpc) is 2.44. The van der Waals surface area contributed by atoms with E-state index in [9.17, 15) is 19.2 Å². The molecular weight excluding hydrogens is 284 g/mol. The zero-order valence-corrected chi connectivity index (χ0v) is 10.8. The number of hydrogen-bond acceptors (Lipinski definition) is 5. The number of carboxylic acids is 2. The van der Waals surface area contributed by atoms with Crippen LogP contribution in [0.15, 0.2) is 12.1 Å². The van der Waals surface area contributed by atoms with Crippen LogP contribution in [0.2, 0.25) is 0 Å². The number of aliphatic hydroxyl groups is 1. The fraction of sp³-hybridized carbons (Fsp3) is 0.167. The Morgan fingerprint density at radius 2 is 1.33 bits per heavy atom. The molecule has 21 heavy (non-hydrogen) atoms. The van der Waals surface area contributed by atoms with E-state index in [1.165, 1.54) is 7.05 Å². The summed E-state index contributed by atoms with van der Waals surface area (Å²) in [5.74, 6) is -4.78. The molecule has 0 aliphatic carbocycles. The van der Waals surface area contributed by atoms with E-state index in [1.807, 2.05) is 5.32 Å². The Hall–Kier alpha value is -2.94. The van der Waals surface area contributed by atoms with E-state index in [0.717, 1.165) is 12.1 Å². The second-order valence-electron chi connectivity index (χ2n) is 3.80. The number of carbonyl (C=O) groups excluding carboxylic acids is 2. The van der Waals surface area contributed by atoms with E-state index in [1.54, 1.807) is 0 Å². The molecule has 0 radical (unpaired) electrons. The molecule has 0 bridgehead atoms. The van der Waals surface area contributed by atoms with Crippen molar-refractivity contribution in [3.63, 3.8) is 0 Å². The lowest BCUT2D eigenvalue weighted by Crippen LogP contribution is -2.28. The number of amides is 2. The normalized spacial score (nSPS) is 9.81. The van der Waals surface area contributed by atoms with Crippen LogP contribution in [0.4, 0.5) is 0 Å². The van der Waals surface area contributed by atoms with Crippen molar-refractivity contribution in [1.29, 1.82) is 0 Å². The van der Waals surface area contributed by atoms with Crippen molar-refractivity contribution in [2.24, 2.45) is 0 Å². The van der Waals surface area contributed by atoms with Gasteiger partial charge in [-0.2, -0.15) is 0 Å². The molecule has 1 aromatic rings. The van der Waals surface area contributed by atoms with Gasteiger partial charge >= 0.3 is 11.9 Å². The standard InChI is InChI=1S/C12H12N2O7/c1-13-9(16)5-2-6(10(17)14-4-15)8(12(20)21)3-7(5)11(18)19/h2-3,15H,4H2,1H3,(H,13,16)(H,14,17)(H,18,19)(H,20,21). The topological polar surface area (TPSA) is 153 Å². The Labute approximate surface area is 118 Å². The number of nitrogens with one attached hydrogen (secondary N) is 2. The summed E-state index contributed by atoms with van der Waals surface area (Å²) in [6.45, 7) is -0.742. The van der Waals surface area contributed by atoms with Gasteiger partial charge in [-0.15, -0.1) is 0 Å². The third-order valence-corrected chi connectivity index (χ3v) is 2.57. The van der Waals surface area contributed by atoms with Crippen molar-refractivity contribution < 1.29 is 34.5 Å². The molecule has 0 aliphatic rings. The number of carbonyl (C=O) groups is 4. The summed E-state index contributed by atoms with van der Waals surface area (Å²) in [7, 11) is 1.26. The zero-order valence-electron chi connectivity index (χ0n) is 10.8. The van der Waals surface area contributed by atoms with Gasteiger partial charge in [0.05, 0.1) is 22.3 Å². The molecule has 0 fully saturated rings. The maximum Gasteiger partial charge on any atom is 0.336 e. The Bertz CT molecular complexity index is 624. The fourth-order valence-corrected chi connectivity index (χ4v) is 1.63. The molecular formula is C12H12N2O7. The molecule has 0 spiro atoms. The summed E-state index contributed by atoms with van der Waals surface area (Å²) in [6.07, 6.45) is 0. The van der Waals surface area contributed by atoms with Crippen LogP contribution in [0.25, 0.3) is 0 Å². The van der Waals surface area contributed by atoms with E-state index < -0.39 is 47.2 Å². The summed E-state index contributed by atoms with van der Waals surface area (Å²) in [4.78, 5) is 45.6. The molecule has 0 saturated heterocycles. The van der Waals surface area contributed by atoms with Gasteiger partial charge in [0.25, 0.3) is 11.8 Å². The highest BCUT2D eigenvalue weighted by atomic mass is 16.4. The number of aliphatic hydroxyl groups excluding tert-OH is 1. The van der Waals surface area contributed by atoms with Crippen LogP contribution in [0, 0.1) is 0 Å². The predicted molar refractivity (Wildman–Crippen MR) is 68.3 cm³/mol. The highest BCUT2D eigenvalue weighted by Crippen LogP contribution is 2.18. The van der Waals surface area contributed by atoms with Gasteiger partial charge in [-0.25, -0.2) is 9.59 Å². The Kier molecular flexibility index (Phi) is 4.97. The summed E-state index contributed by atoms with van der Waals surface area (Å²) < 4.78 is 0. The van der Waals surface area contributed by atoms with Gasteiger partial charge in [-0.05, 0) is 12.1 Å². The lowest BCUT2D eigenvalue weighted by atomic mass is 9.97. The molecule has 0 saturated carbocycles. The van der Waals surface area contributed by atoms with Crippen LogP contribution in [0.5, 0.6) is 0 Å². The first kappa shape index (κ1) is 16.1. The second kappa shape index (κ2) is 6.48. The molecule has 1 aromatic carbocycles. The first-order chi connectivity index (χ1) is 9.83. The molecule has 0 aromatic heterocycles. The SMILES string of the molecule is CNC(=O)c1cc(C(=O)NCO)c(C(=O)O)cc1C(=O)O. The number of rotatable bonds is 5. The van der Waals surface area contributed by atoms with Crippen LogP contribution < -0.4 is 10.6 Å². The minimum atomic E-state index is -1.54. The molecule has 1 rings (SSSR count). The first-order valence-electron chi connectivity index (χ1n) is 5.59. The Morgan fingerprint density at radius 1 is 0.905 bits per heavy atom. The lowest BCUT2D eigenvalue weighted by molar-refractivity contribution is 0.0686. The van der Waals surface area contributed by atoms with Crippen molar-refractivity contribution in [3.8, 4) is 0 Å². The van der Waals surface area contributed by atoms with Gasteiger partial charge in [0.2, 0.25) is 0 Å². The zero-order chi connectivity index (χ0) is 16.2. The van der Waals surface area contributed by atoms with Crippen molar-refractivity contribution in [3.05, 3.63) is 34.4 Å². The molecule has 0 aliphatic heterocycles. The number of carboxylic acid groups (broad SMARTS) is 2. The van der Waals surface area contributed by atoms with Gasteiger partial charge in [0.1, 0.15) is 6.73 Å². The van der Waals surface area contributed by atoms with Crippen LogP contribution in [0.1, 0.15) is 41.4 Å². The fourth-order valence-electron chi connectivity index (χ4n) is 1.63. The minimum absolute atomic E-state index is 0.363. The summed E-state index contributed by atoms with van der Waals surface area (Å²) in [5, 5.41) is 30.9. The molecule has 0 unspecified atom stereocenters. The van der Waals surface area contributed by atoms with E-state index in [4.69, 9.17) is 15.3 Å². The van der Waals surface area contributed by atoms with E-state index >= 15 is 0 Å². The highest BCUT2D eigenvalue weighted by Gasteiger charge is 2.24. The lowest BCUT2D eigenvalue weighted by Gasteiger charge is -2.11. The Balaban J connectivity index is 3.62. The van der Waals surface area contributed by atoms with Crippen molar-refractivity contribution >= 4 is 23.8 Å². The second-order valence-corrected chi connectivity index (χ2v) is 3.80. The van der Waals surface area contributed by atoms with Gasteiger partial charge in [0, 0.05) is 7.05 Å². The molecule has 2 amide bonds.